The molecule has 8 heteroatoms. The van der Waals surface area contributed by atoms with Gasteiger partial charge >= 0.3 is 0 Å². The van der Waals surface area contributed by atoms with Gasteiger partial charge in [-0.15, -0.1) is 24.0 Å². The average molecular weight is 497 g/mol. The van der Waals surface area contributed by atoms with Crippen LogP contribution in [-0.4, -0.2) is 70.2 Å². The molecule has 1 N–H and O–H groups in total. The number of likely N-dealkylation sites (tertiary alicyclic amines) is 1. The van der Waals surface area contributed by atoms with Crippen LogP contribution in [0.4, 0.5) is 0 Å². The van der Waals surface area contributed by atoms with E-state index >= 15 is 0 Å². The standard InChI is InChI=1S/C18H31N3O3S.HI/c22-25(23)8-5-15(13-25)10-20-18(19-9-14-4-7-24-12-14)21-6-3-17(11-21)16-1-2-16;/h14-17H,1-13H2,(H,19,20);1H. The zero-order chi connectivity index (χ0) is 17.3. The van der Waals surface area contributed by atoms with Crippen molar-refractivity contribution in [2.45, 2.75) is 32.1 Å². The number of aliphatic imine (C=N–C) groups is 1. The molecule has 3 atom stereocenters. The van der Waals surface area contributed by atoms with Gasteiger partial charge in [-0.3, -0.25) is 4.99 Å². The molecule has 1 aliphatic carbocycles. The number of rotatable bonds is 5. The van der Waals surface area contributed by atoms with Gasteiger partial charge in [0.1, 0.15) is 0 Å². The Kier molecular flexibility index (Phi) is 7.10. The smallest absolute Gasteiger partial charge is 0.193 e. The van der Waals surface area contributed by atoms with Gasteiger partial charge in [-0.2, -0.15) is 0 Å². The number of halogens is 1. The van der Waals surface area contributed by atoms with Crippen LogP contribution in [0.2, 0.25) is 0 Å². The summed E-state index contributed by atoms with van der Waals surface area (Å²) in [6, 6.07) is 0. The minimum atomic E-state index is -2.82. The Morgan fingerprint density at radius 1 is 1.12 bits per heavy atom. The molecular weight excluding hydrogens is 465 g/mol. The van der Waals surface area contributed by atoms with Gasteiger partial charge in [0, 0.05) is 38.7 Å². The highest BCUT2D eigenvalue weighted by Gasteiger charge is 2.37. The van der Waals surface area contributed by atoms with Gasteiger partial charge in [0.05, 0.1) is 18.1 Å². The zero-order valence-corrected chi connectivity index (χ0v) is 18.6. The van der Waals surface area contributed by atoms with Gasteiger partial charge in [-0.05, 0) is 49.9 Å². The van der Waals surface area contributed by atoms with Crippen molar-refractivity contribution < 1.29 is 13.2 Å². The molecule has 1 saturated carbocycles. The number of sulfone groups is 1. The Balaban J connectivity index is 0.00000196. The van der Waals surface area contributed by atoms with Crippen molar-refractivity contribution in [3.05, 3.63) is 0 Å². The molecule has 4 rings (SSSR count). The van der Waals surface area contributed by atoms with E-state index in [1.54, 1.807) is 0 Å². The fourth-order valence-corrected chi connectivity index (χ4v) is 6.26. The lowest BCUT2D eigenvalue weighted by Gasteiger charge is -2.24. The van der Waals surface area contributed by atoms with E-state index < -0.39 is 9.84 Å². The number of nitrogens with one attached hydrogen (secondary N) is 1. The van der Waals surface area contributed by atoms with Crippen LogP contribution in [0.25, 0.3) is 0 Å². The van der Waals surface area contributed by atoms with E-state index in [1.807, 2.05) is 0 Å². The Labute approximate surface area is 174 Å². The quantitative estimate of drug-likeness (QED) is 0.356. The summed E-state index contributed by atoms with van der Waals surface area (Å²) in [5, 5.41) is 3.57. The molecule has 6 nitrogen and oxygen atoms in total. The molecule has 0 amide bonds. The average Bonchev–Trinajstić information content (AvgIpc) is 3.00. The van der Waals surface area contributed by atoms with E-state index in [1.165, 1.54) is 19.3 Å². The summed E-state index contributed by atoms with van der Waals surface area (Å²) >= 11 is 0. The normalized spacial score (nSPS) is 34.1. The van der Waals surface area contributed by atoms with Crippen molar-refractivity contribution in [3.8, 4) is 0 Å². The number of hydrogen-bond acceptors (Lipinski definition) is 4. The van der Waals surface area contributed by atoms with Crippen LogP contribution in [-0.2, 0) is 14.6 Å². The van der Waals surface area contributed by atoms with Gasteiger partial charge in [-0.1, -0.05) is 0 Å². The first kappa shape index (κ1) is 20.6. The second-order valence-corrected chi connectivity index (χ2v) is 10.6. The van der Waals surface area contributed by atoms with E-state index in [-0.39, 0.29) is 29.9 Å². The van der Waals surface area contributed by atoms with Gasteiger partial charge in [-0.25, -0.2) is 8.42 Å². The molecule has 4 aliphatic rings. The van der Waals surface area contributed by atoms with Crippen LogP contribution in [0.15, 0.2) is 4.99 Å². The topological polar surface area (TPSA) is 71.0 Å². The van der Waals surface area contributed by atoms with Crippen LogP contribution >= 0.6 is 24.0 Å². The highest BCUT2D eigenvalue weighted by molar-refractivity contribution is 14.0. The predicted molar refractivity (Wildman–Crippen MR) is 114 cm³/mol. The predicted octanol–water partition coefficient (Wildman–Crippen LogP) is 1.75. The van der Waals surface area contributed by atoms with Gasteiger partial charge < -0.3 is 15.0 Å². The molecule has 26 heavy (non-hydrogen) atoms. The molecule has 3 unspecified atom stereocenters. The maximum absolute atomic E-state index is 11.7. The molecule has 4 fully saturated rings. The second-order valence-electron chi connectivity index (χ2n) is 8.38. The lowest BCUT2D eigenvalue weighted by atomic mass is 10.0. The van der Waals surface area contributed by atoms with Crippen molar-refractivity contribution in [1.29, 1.82) is 0 Å². The molecule has 0 radical (unpaired) electrons. The highest BCUT2D eigenvalue weighted by Crippen LogP contribution is 2.41. The molecule has 150 valence electrons. The van der Waals surface area contributed by atoms with E-state index in [4.69, 9.17) is 9.73 Å². The maximum atomic E-state index is 11.7. The van der Waals surface area contributed by atoms with Gasteiger partial charge in [0.25, 0.3) is 0 Å². The lowest BCUT2D eigenvalue weighted by Crippen LogP contribution is -2.42. The first-order chi connectivity index (χ1) is 12.1. The van der Waals surface area contributed by atoms with Crippen molar-refractivity contribution >= 4 is 39.8 Å². The fourth-order valence-electron chi connectivity index (χ4n) is 4.41. The van der Waals surface area contributed by atoms with Crippen LogP contribution in [0.1, 0.15) is 32.1 Å². The summed E-state index contributed by atoms with van der Waals surface area (Å²) < 4.78 is 28.8. The molecule has 0 aromatic carbocycles. The third-order valence-electron chi connectivity index (χ3n) is 6.21. The SMILES string of the molecule is I.O=S1(=O)CCC(CN=C(NCC2CCOC2)N2CCC(C3CC3)C2)C1. The van der Waals surface area contributed by atoms with E-state index in [0.717, 1.165) is 63.5 Å². The van der Waals surface area contributed by atoms with Crippen LogP contribution in [0.5, 0.6) is 0 Å². The molecular formula is C18H32IN3O3S. The first-order valence-electron chi connectivity index (χ1n) is 9.90. The Morgan fingerprint density at radius 2 is 1.96 bits per heavy atom. The first-order valence-corrected chi connectivity index (χ1v) is 11.7. The van der Waals surface area contributed by atoms with Crippen molar-refractivity contribution in [3.63, 3.8) is 0 Å². The third kappa shape index (κ3) is 5.47. The van der Waals surface area contributed by atoms with E-state index in [0.29, 0.717) is 24.0 Å². The molecule has 0 aromatic rings. The number of nitrogens with zero attached hydrogens (tertiary/aromatic N) is 2. The molecule has 3 heterocycles. The zero-order valence-electron chi connectivity index (χ0n) is 15.4. The van der Waals surface area contributed by atoms with Crippen LogP contribution in [0.3, 0.4) is 0 Å². The minimum Gasteiger partial charge on any atom is -0.381 e. The largest absolute Gasteiger partial charge is 0.381 e. The monoisotopic (exact) mass is 497 g/mol. The van der Waals surface area contributed by atoms with Crippen molar-refractivity contribution in [1.82, 2.24) is 10.2 Å². The van der Waals surface area contributed by atoms with Gasteiger partial charge in [0.15, 0.2) is 15.8 Å². The molecule has 0 spiro atoms. The van der Waals surface area contributed by atoms with Crippen LogP contribution in [0, 0.1) is 23.7 Å². The number of guanidine groups is 1. The minimum absolute atomic E-state index is 0. The van der Waals surface area contributed by atoms with E-state index in [2.05, 4.69) is 10.2 Å². The van der Waals surface area contributed by atoms with Gasteiger partial charge in [0.2, 0.25) is 0 Å². The van der Waals surface area contributed by atoms with Crippen molar-refractivity contribution in [2.75, 3.05) is 50.9 Å². The Morgan fingerprint density at radius 3 is 2.62 bits per heavy atom. The second kappa shape index (κ2) is 8.94. The summed E-state index contributed by atoms with van der Waals surface area (Å²) in [6.45, 7) is 5.44. The molecule has 0 aromatic heterocycles. The molecule has 0 bridgehead atoms. The summed E-state index contributed by atoms with van der Waals surface area (Å²) in [5.74, 6) is 4.17. The summed E-state index contributed by atoms with van der Waals surface area (Å²) in [4.78, 5) is 7.26. The number of ether oxygens (including phenoxy) is 1. The molecule has 3 aliphatic heterocycles. The Hall–Kier alpha value is -0.0900. The maximum Gasteiger partial charge on any atom is 0.193 e. The number of hydrogen-bond donors (Lipinski definition) is 1. The highest BCUT2D eigenvalue weighted by atomic mass is 127. The Bertz CT molecular complexity index is 603. The van der Waals surface area contributed by atoms with Crippen molar-refractivity contribution in [2.24, 2.45) is 28.7 Å². The lowest BCUT2D eigenvalue weighted by molar-refractivity contribution is 0.186. The summed E-state index contributed by atoms with van der Waals surface area (Å²) in [7, 11) is -2.82. The fraction of sp³-hybridized carbons (Fsp3) is 0.944. The van der Waals surface area contributed by atoms with Crippen LogP contribution < -0.4 is 5.32 Å². The third-order valence-corrected chi connectivity index (χ3v) is 8.05. The summed E-state index contributed by atoms with van der Waals surface area (Å²) in [6.07, 6.45) is 5.96. The molecule has 3 saturated heterocycles. The van der Waals surface area contributed by atoms with E-state index in [9.17, 15) is 8.42 Å². The summed E-state index contributed by atoms with van der Waals surface area (Å²) in [5.41, 5.74) is 0.